The number of thioether (sulfide) groups is 1. The lowest BCUT2D eigenvalue weighted by atomic mass is 9.68. The summed E-state index contributed by atoms with van der Waals surface area (Å²) in [5.74, 6) is -0.0580. The molecular weight excluding hydrogens is 478 g/mol. The lowest BCUT2D eigenvalue weighted by Crippen LogP contribution is -2.42. The molecule has 6 nitrogen and oxygen atoms in total. The number of carbonyl (C=O) groups is 2. The molecule has 4 aliphatic rings. The maximum absolute atomic E-state index is 13.7. The molecule has 3 aromatic rings. The SMILES string of the molecule is CN(C)c1ccc(C2c3sc(=O)[nH]c3SC3C4CC(C5C(=O)N(c6ccccc6)C(=O)C45)[C@@H]23)cc1. The highest BCUT2D eigenvalue weighted by Crippen LogP contribution is 2.68. The van der Waals surface area contributed by atoms with Crippen LogP contribution in [0.15, 0.2) is 64.4 Å². The summed E-state index contributed by atoms with van der Waals surface area (Å²) in [7, 11) is 4.05. The van der Waals surface area contributed by atoms with E-state index in [2.05, 4.69) is 34.1 Å². The zero-order valence-corrected chi connectivity index (χ0v) is 21.0. The van der Waals surface area contributed by atoms with E-state index in [9.17, 15) is 14.4 Å². The van der Waals surface area contributed by atoms with Gasteiger partial charge in [-0.05, 0) is 54.0 Å². The number of para-hydroxylation sites is 1. The quantitative estimate of drug-likeness (QED) is 0.543. The van der Waals surface area contributed by atoms with Gasteiger partial charge in [-0.3, -0.25) is 19.3 Å². The highest BCUT2D eigenvalue weighted by Gasteiger charge is 2.69. The number of nitrogens with zero attached hydrogens (tertiary/aromatic N) is 2. The summed E-state index contributed by atoms with van der Waals surface area (Å²) < 4.78 is 0. The Balaban J connectivity index is 1.32. The van der Waals surface area contributed by atoms with Crippen molar-refractivity contribution in [1.29, 1.82) is 0 Å². The van der Waals surface area contributed by atoms with Crippen LogP contribution in [0.3, 0.4) is 0 Å². The molecule has 2 bridgehead atoms. The van der Waals surface area contributed by atoms with E-state index in [1.54, 1.807) is 11.8 Å². The Morgan fingerprint density at radius 1 is 0.914 bits per heavy atom. The smallest absolute Gasteiger partial charge is 0.305 e. The van der Waals surface area contributed by atoms with Gasteiger partial charge in [-0.25, -0.2) is 0 Å². The average molecular weight is 504 g/mol. The number of amides is 2. The van der Waals surface area contributed by atoms with Crippen LogP contribution in [-0.2, 0) is 9.59 Å². The highest BCUT2D eigenvalue weighted by atomic mass is 32.2. The lowest BCUT2D eigenvalue weighted by Gasteiger charge is -2.43. The minimum atomic E-state index is -0.268. The maximum Gasteiger partial charge on any atom is 0.305 e. The van der Waals surface area contributed by atoms with Crippen molar-refractivity contribution in [2.45, 2.75) is 22.6 Å². The number of carbonyl (C=O) groups excluding carboxylic acids is 2. The van der Waals surface area contributed by atoms with Crippen molar-refractivity contribution in [3.05, 3.63) is 74.7 Å². The Morgan fingerprint density at radius 2 is 1.60 bits per heavy atom. The third-order valence-corrected chi connectivity index (χ3v) is 11.1. The molecule has 6 unspecified atom stereocenters. The zero-order valence-electron chi connectivity index (χ0n) is 19.4. The molecule has 1 saturated heterocycles. The second-order valence-electron chi connectivity index (χ2n) is 10.3. The zero-order chi connectivity index (χ0) is 24.0. The van der Waals surface area contributed by atoms with Gasteiger partial charge in [-0.15, -0.1) is 11.8 Å². The molecule has 2 saturated carbocycles. The highest BCUT2D eigenvalue weighted by molar-refractivity contribution is 8.00. The van der Waals surface area contributed by atoms with Crippen LogP contribution in [-0.4, -0.2) is 36.1 Å². The minimum Gasteiger partial charge on any atom is -0.378 e. The summed E-state index contributed by atoms with van der Waals surface area (Å²) >= 11 is 3.03. The second kappa shape index (κ2) is 7.58. The number of fused-ring (bicyclic) bond motifs is 9. The van der Waals surface area contributed by atoms with E-state index in [-0.39, 0.29) is 57.4 Å². The molecule has 0 spiro atoms. The molecule has 35 heavy (non-hydrogen) atoms. The summed E-state index contributed by atoms with van der Waals surface area (Å²) in [6.45, 7) is 0. The number of aromatic amines is 1. The normalized spacial score (nSPS) is 32.5. The van der Waals surface area contributed by atoms with E-state index in [0.717, 1.165) is 22.0 Å². The monoisotopic (exact) mass is 503 g/mol. The van der Waals surface area contributed by atoms with Crippen molar-refractivity contribution >= 4 is 46.3 Å². The fraction of sp³-hybridized carbons (Fsp3) is 0.370. The van der Waals surface area contributed by atoms with Crippen LogP contribution in [0.5, 0.6) is 0 Å². The van der Waals surface area contributed by atoms with Crippen molar-refractivity contribution in [3.8, 4) is 0 Å². The van der Waals surface area contributed by atoms with Gasteiger partial charge in [-0.2, -0.15) is 0 Å². The van der Waals surface area contributed by atoms with Crippen LogP contribution in [0.1, 0.15) is 22.8 Å². The lowest BCUT2D eigenvalue weighted by molar-refractivity contribution is -0.123. The number of aromatic nitrogens is 1. The van der Waals surface area contributed by atoms with E-state index in [4.69, 9.17) is 0 Å². The summed E-state index contributed by atoms with van der Waals surface area (Å²) in [4.78, 5) is 47.3. The maximum atomic E-state index is 13.7. The Hall–Kier alpha value is -2.84. The van der Waals surface area contributed by atoms with Gasteiger partial charge in [0.2, 0.25) is 11.8 Å². The summed E-state index contributed by atoms with van der Waals surface area (Å²) in [5, 5.41) is 1.16. The molecule has 1 N–H and O–H groups in total. The van der Waals surface area contributed by atoms with Crippen LogP contribution in [0, 0.1) is 29.6 Å². The van der Waals surface area contributed by atoms with Crippen molar-refractivity contribution < 1.29 is 9.59 Å². The molecule has 1 aromatic heterocycles. The number of benzene rings is 2. The number of anilines is 2. The first-order valence-electron chi connectivity index (χ1n) is 12.0. The van der Waals surface area contributed by atoms with Crippen LogP contribution in [0.2, 0.25) is 0 Å². The van der Waals surface area contributed by atoms with Gasteiger partial charge in [0.25, 0.3) is 0 Å². The first-order chi connectivity index (χ1) is 16.9. The number of hydrogen-bond donors (Lipinski definition) is 1. The van der Waals surface area contributed by atoms with Crippen LogP contribution in [0.25, 0.3) is 0 Å². The standard InChI is InChI=1S/C27H25N3O3S2/c1-29(2)14-10-8-13(9-11-14)18-19-16-12-17(22(19)34-24-23(18)35-27(33)28-24)21-20(16)25(31)30(26(21)32)15-6-4-3-5-7-15/h3-11,16-22H,12H2,1-2H3,(H,28,33)/t16?,17?,18?,19-,20?,21?,22?/m0/s1. The third-order valence-electron chi connectivity index (χ3n) is 8.51. The van der Waals surface area contributed by atoms with Gasteiger partial charge < -0.3 is 9.88 Å². The molecule has 0 radical (unpaired) electrons. The van der Waals surface area contributed by atoms with E-state index < -0.39 is 0 Å². The molecule has 2 amide bonds. The molecule has 2 aliphatic heterocycles. The number of thiazole rings is 1. The Kier molecular flexibility index (Phi) is 4.64. The first-order valence-corrected chi connectivity index (χ1v) is 13.7. The topological polar surface area (TPSA) is 73.5 Å². The van der Waals surface area contributed by atoms with Crippen molar-refractivity contribution in [2.75, 3.05) is 23.9 Å². The first kappa shape index (κ1) is 21.4. The van der Waals surface area contributed by atoms with E-state index >= 15 is 0 Å². The fourth-order valence-electron chi connectivity index (χ4n) is 7.20. The Labute approximate surface area is 211 Å². The van der Waals surface area contributed by atoms with Gasteiger partial charge in [0.15, 0.2) is 0 Å². The summed E-state index contributed by atoms with van der Waals surface area (Å²) in [6, 6.07) is 17.9. The predicted octanol–water partition coefficient (Wildman–Crippen LogP) is 4.18. The fourth-order valence-corrected chi connectivity index (χ4v) is 10.1. The molecule has 2 aromatic carbocycles. The predicted molar refractivity (Wildman–Crippen MR) is 138 cm³/mol. The molecule has 7 rings (SSSR count). The van der Waals surface area contributed by atoms with Crippen molar-refractivity contribution in [1.82, 2.24) is 4.98 Å². The van der Waals surface area contributed by atoms with Gasteiger partial charge in [0.1, 0.15) is 0 Å². The van der Waals surface area contributed by atoms with Crippen molar-refractivity contribution in [3.63, 3.8) is 0 Å². The average Bonchev–Trinajstić information content (AvgIpc) is 3.58. The summed E-state index contributed by atoms with van der Waals surface area (Å²) in [5.41, 5.74) is 2.98. The largest absolute Gasteiger partial charge is 0.378 e. The number of rotatable bonds is 3. The van der Waals surface area contributed by atoms with Crippen LogP contribution < -0.4 is 14.7 Å². The molecule has 7 atom stereocenters. The molecule has 8 heteroatoms. The summed E-state index contributed by atoms with van der Waals surface area (Å²) in [6.07, 6.45) is 0.906. The molecule has 3 heterocycles. The Bertz CT molecular complexity index is 1400. The number of nitrogens with one attached hydrogen (secondary N) is 1. The van der Waals surface area contributed by atoms with Gasteiger partial charge in [0, 0.05) is 35.8 Å². The molecule has 3 fully saturated rings. The third kappa shape index (κ3) is 2.93. The van der Waals surface area contributed by atoms with Crippen molar-refractivity contribution in [2.24, 2.45) is 29.6 Å². The molecular formula is C27H25N3O3S2. The van der Waals surface area contributed by atoms with E-state index in [1.165, 1.54) is 21.8 Å². The number of H-pyrrole nitrogens is 1. The Morgan fingerprint density at radius 3 is 2.29 bits per heavy atom. The van der Waals surface area contributed by atoms with Crippen LogP contribution in [0.4, 0.5) is 11.4 Å². The second-order valence-corrected chi connectivity index (χ2v) is 12.5. The van der Waals surface area contributed by atoms with Crippen LogP contribution >= 0.6 is 23.1 Å². The molecule has 178 valence electrons. The minimum absolute atomic E-state index is 0.0349. The van der Waals surface area contributed by atoms with E-state index in [0.29, 0.717) is 5.69 Å². The van der Waals surface area contributed by atoms with Gasteiger partial charge in [0.05, 0.1) is 22.5 Å². The molecule has 2 aliphatic carbocycles. The van der Waals surface area contributed by atoms with E-state index in [1.807, 2.05) is 44.4 Å². The van der Waals surface area contributed by atoms with Gasteiger partial charge in [-0.1, -0.05) is 41.7 Å². The number of imide groups is 1. The van der Waals surface area contributed by atoms with Gasteiger partial charge >= 0.3 is 4.87 Å². The number of hydrogen-bond acceptors (Lipinski definition) is 6.